The Hall–Kier alpha value is -2.69. The second kappa shape index (κ2) is 12.4. The first kappa shape index (κ1) is 29.9. The van der Waals surface area contributed by atoms with Gasteiger partial charge in [0.2, 0.25) is 0 Å². The first-order valence-electron chi connectivity index (χ1n) is 10.9. The number of hydrogen-bond donors (Lipinski definition) is 2. The lowest BCUT2D eigenvalue weighted by Gasteiger charge is -2.46. The van der Waals surface area contributed by atoms with Gasteiger partial charge in [-0.05, 0) is 26.3 Å². The zero-order valence-electron chi connectivity index (χ0n) is 20.3. The number of hydrogen-bond acceptors (Lipinski definition) is 11. The molecule has 2 aliphatic rings. The quantitative estimate of drug-likeness (QED) is 0.106. The van der Waals surface area contributed by atoms with E-state index in [-0.39, 0.29) is 39.8 Å². The fraction of sp³-hybridized carbons (Fsp3) is 0.500. The number of halogens is 2. The summed E-state index contributed by atoms with van der Waals surface area (Å²) in [6, 6.07) is -1.12. The van der Waals surface area contributed by atoms with Crippen molar-refractivity contribution in [1.29, 1.82) is 0 Å². The van der Waals surface area contributed by atoms with E-state index in [2.05, 4.69) is 25.4 Å². The van der Waals surface area contributed by atoms with Crippen molar-refractivity contribution in [3.8, 4) is 0 Å². The number of ether oxygens (including phenoxy) is 1. The smallest absolute Gasteiger partial charge is 0.413 e. The molecule has 1 saturated heterocycles. The first-order chi connectivity index (χ1) is 17.8. The Morgan fingerprint density at radius 3 is 2.71 bits per heavy atom. The molecule has 18 heteroatoms. The summed E-state index contributed by atoms with van der Waals surface area (Å²) in [5, 5.41) is 7.82. The van der Waals surface area contributed by atoms with Gasteiger partial charge >= 0.3 is 14.1 Å². The molecule has 204 valence electrons. The van der Waals surface area contributed by atoms with Crippen LogP contribution in [0.2, 0.25) is 4.34 Å². The molecular weight excluding hydrogens is 584 g/mol. The summed E-state index contributed by atoms with van der Waals surface area (Å²) in [5.41, 5.74) is -0.791. The molecule has 1 fully saturated rings. The molecule has 1 aromatic heterocycles. The summed E-state index contributed by atoms with van der Waals surface area (Å²) in [6.45, 7) is 4.71. The van der Waals surface area contributed by atoms with E-state index in [0.717, 1.165) is 11.3 Å². The van der Waals surface area contributed by atoms with Crippen LogP contribution in [0.5, 0.6) is 0 Å². The fourth-order valence-electron chi connectivity index (χ4n) is 3.20. The number of oxime groups is 1. The van der Waals surface area contributed by atoms with Gasteiger partial charge < -0.3 is 19.5 Å². The minimum atomic E-state index is -1.51. The van der Waals surface area contributed by atoms with Gasteiger partial charge in [0.15, 0.2) is 10.8 Å². The minimum Gasteiger partial charge on any atom is -0.543 e. The van der Waals surface area contributed by atoms with Gasteiger partial charge in [0.1, 0.15) is 33.7 Å². The predicted molar refractivity (Wildman–Crippen MR) is 140 cm³/mol. The van der Waals surface area contributed by atoms with Crippen molar-refractivity contribution in [3.05, 3.63) is 21.8 Å². The molecule has 2 aliphatic heterocycles. The third-order valence-electron chi connectivity index (χ3n) is 4.77. The topological polar surface area (TPSA) is 166 Å². The van der Waals surface area contributed by atoms with Crippen molar-refractivity contribution < 1.29 is 37.6 Å². The van der Waals surface area contributed by atoms with Gasteiger partial charge in [0.25, 0.3) is 17.8 Å². The monoisotopic (exact) mass is 605 g/mol. The largest absolute Gasteiger partial charge is 0.543 e. The van der Waals surface area contributed by atoms with E-state index in [0.29, 0.717) is 5.57 Å². The molecule has 0 bridgehead atoms. The normalized spacial score (nSPS) is 21.0. The maximum Gasteiger partial charge on any atom is 0.413 e. The summed E-state index contributed by atoms with van der Waals surface area (Å²) in [4.78, 5) is 59.6. The number of carbonyl (C=O) groups is 4. The lowest BCUT2D eigenvalue weighted by Crippen LogP contribution is -2.72. The third-order valence-corrected chi connectivity index (χ3v) is 7.98. The summed E-state index contributed by atoms with van der Waals surface area (Å²) < 4.78 is 21.8. The highest BCUT2D eigenvalue weighted by Gasteiger charge is 2.53. The summed E-state index contributed by atoms with van der Waals surface area (Å²) in [6.07, 6.45) is 0.431. The maximum absolute atomic E-state index is 13.2. The number of nitrogens with one attached hydrogen (secondary N) is 2. The number of amides is 3. The van der Waals surface area contributed by atoms with E-state index in [1.807, 2.05) is 0 Å². The number of alkyl halides is 1. The van der Waals surface area contributed by atoms with Crippen LogP contribution >= 0.6 is 34.5 Å². The molecule has 38 heavy (non-hydrogen) atoms. The number of rotatable bonds is 9. The Morgan fingerprint density at radius 2 is 2.08 bits per heavy atom. The third kappa shape index (κ3) is 7.24. The lowest BCUT2D eigenvalue weighted by molar-refractivity contribution is -0.144. The van der Waals surface area contributed by atoms with Crippen LogP contribution < -0.4 is 10.6 Å². The number of fused-ring (bicyclic) bond motifs is 1. The van der Waals surface area contributed by atoms with Gasteiger partial charge in [-0.1, -0.05) is 28.1 Å². The molecule has 3 rings (SSSR count). The fourth-order valence-corrected chi connectivity index (χ4v) is 6.13. The van der Waals surface area contributed by atoms with Gasteiger partial charge in [-0.3, -0.25) is 28.8 Å². The molecular formula is C20H22BCl2N5O8S2. The van der Waals surface area contributed by atoms with Crippen molar-refractivity contribution in [2.75, 3.05) is 23.6 Å². The number of anilines is 1. The molecule has 0 aromatic carbocycles. The van der Waals surface area contributed by atoms with Crippen LogP contribution in [0.15, 0.2) is 16.9 Å². The van der Waals surface area contributed by atoms with E-state index < -0.39 is 57.4 Å². The van der Waals surface area contributed by atoms with E-state index in [4.69, 9.17) is 40.8 Å². The Labute approximate surface area is 235 Å². The van der Waals surface area contributed by atoms with Crippen molar-refractivity contribution in [3.63, 3.8) is 0 Å². The molecule has 3 heterocycles. The highest BCUT2D eigenvalue weighted by molar-refractivity contribution is 7.86. The number of β-lactam (4-membered cyclic amide) rings is 1. The predicted octanol–water partition coefficient (Wildman–Crippen LogP) is 1.42. The van der Waals surface area contributed by atoms with Crippen molar-refractivity contribution >= 4 is 88.1 Å². The van der Waals surface area contributed by atoms with Crippen molar-refractivity contribution in [2.45, 2.75) is 44.2 Å². The summed E-state index contributed by atoms with van der Waals surface area (Å²) in [5.74, 6) is -1.94. The van der Waals surface area contributed by atoms with Crippen LogP contribution in [-0.4, -0.2) is 87.0 Å². The van der Waals surface area contributed by atoms with Crippen LogP contribution in [0, 0.1) is 0 Å². The molecule has 13 nitrogen and oxygen atoms in total. The number of aromatic nitrogens is 1. The van der Waals surface area contributed by atoms with Gasteiger partial charge in [-0.15, -0.1) is 11.6 Å². The number of nitrogens with zero attached hydrogens (tertiary/aromatic N) is 3. The highest BCUT2D eigenvalue weighted by Crippen LogP contribution is 2.31. The zero-order valence-corrected chi connectivity index (χ0v) is 23.5. The summed E-state index contributed by atoms with van der Waals surface area (Å²) >= 11 is 12.9. The standard InChI is InChI=1S/C20H22BCl2N5O8S2/c1-20(2,3)35-19(32)26-18-25-11(14(23)37-18)12(27-34-5-4-10(29)36-21)15(30)24-13-16(31)28-7-9(6-22)8-38(33)17(13)28/h7,13,17H,4-6,8H2,1-3H3,(H,24,30)(H,25,26,32)/b27-12-/t13-,17-,38?/m1/s1. The molecule has 1 aromatic rings. The van der Waals surface area contributed by atoms with E-state index in [9.17, 15) is 23.4 Å². The molecule has 3 atom stereocenters. The minimum absolute atomic E-state index is 0.00974. The van der Waals surface area contributed by atoms with E-state index in [1.165, 1.54) is 11.1 Å². The van der Waals surface area contributed by atoms with Crippen LogP contribution in [0.4, 0.5) is 9.93 Å². The SMILES string of the molecule is [B]OC(=O)CCO/N=C(\C(=O)N[C@@H]1C(=O)N2C=C(CCl)CS(=O)[C@H]12)c1nc(NC(=O)OC(C)(C)C)sc1Cl. The Morgan fingerprint density at radius 1 is 1.37 bits per heavy atom. The van der Waals surface area contributed by atoms with Crippen LogP contribution in [0.25, 0.3) is 0 Å². The van der Waals surface area contributed by atoms with E-state index in [1.54, 1.807) is 20.8 Å². The Bertz CT molecular complexity index is 1220. The molecule has 2 N–H and O–H groups in total. The molecule has 0 aliphatic carbocycles. The average molecular weight is 606 g/mol. The molecule has 3 amide bonds. The number of thiazole rings is 1. The van der Waals surface area contributed by atoms with Crippen LogP contribution in [0.1, 0.15) is 32.9 Å². The van der Waals surface area contributed by atoms with Gasteiger partial charge in [-0.25, -0.2) is 9.78 Å². The van der Waals surface area contributed by atoms with Crippen LogP contribution in [0.3, 0.4) is 0 Å². The highest BCUT2D eigenvalue weighted by atomic mass is 35.5. The molecule has 0 saturated carbocycles. The van der Waals surface area contributed by atoms with Crippen LogP contribution in [-0.2, 0) is 39.4 Å². The average Bonchev–Trinajstić information content (AvgIpc) is 3.19. The number of carbonyl (C=O) groups excluding carboxylic acids is 4. The molecule has 0 spiro atoms. The first-order valence-corrected chi connectivity index (χ1v) is 14.0. The second-order valence-corrected chi connectivity index (χ2v) is 12.2. The van der Waals surface area contributed by atoms with Gasteiger partial charge in [-0.2, -0.15) is 0 Å². The zero-order chi connectivity index (χ0) is 28.2. The van der Waals surface area contributed by atoms with Crippen molar-refractivity contribution in [1.82, 2.24) is 15.2 Å². The van der Waals surface area contributed by atoms with Gasteiger partial charge in [0, 0.05) is 17.8 Å². The lowest BCUT2D eigenvalue weighted by atomic mass is 10.1. The molecule has 1 unspecified atom stereocenters. The van der Waals surface area contributed by atoms with Crippen molar-refractivity contribution in [2.24, 2.45) is 5.16 Å². The second-order valence-electron chi connectivity index (χ2n) is 8.81. The summed E-state index contributed by atoms with van der Waals surface area (Å²) in [7, 11) is 3.27. The maximum atomic E-state index is 13.2. The Balaban J connectivity index is 1.81. The molecule has 2 radical (unpaired) electrons. The Kier molecular flexibility index (Phi) is 9.78. The van der Waals surface area contributed by atoms with Gasteiger partial charge in [0.05, 0.1) is 17.2 Å². The van der Waals surface area contributed by atoms with E-state index >= 15 is 0 Å².